The zero-order chi connectivity index (χ0) is 10.8. The van der Waals surface area contributed by atoms with Crippen molar-refractivity contribution in [1.29, 1.82) is 0 Å². The zero-order valence-corrected chi connectivity index (χ0v) is 9.67. The summed E-state index contributed by atoms with van der Waals surface area (Å²) in [7, 11) is 0. The number of hydrogen-bond donors (Lipinski definition) is 1. The Hall–Kier alpha value is -0.820. The van der Waals surface area contributed by atoms with Crippen LogP contribution in [0.4, 0.5) is 0 Å². The van der Waals surface area contributed by atoms with Crippen molar-refractivity contribution in [2.75, 3.05) is 0 Å². The van der Waals surface area contributed by atoms with Gasteiger partial charge in [0.1, 0.15) is 0 Å². The molecule has 78 valence electrons. The molecular weight excluding hydrogens is 170 g/mol. The normalized spacial score (nSPS) is 15.6. The molecule has 2 N–H and O–H groups in total. The van der Waals surface area contributed by atoms with Gasteiger partial charge in [-0.15, -0.1) is 0 Å². The predicted molar refractivity (Wildman–Crippen MR) is 62.3 cm³/mol. The average molecular weight is 191 g/mol. The zero-order valence-electron chi connectivity index (χ0n) is 9.67. The third-order valence-corrected chi connectivity index (χ3v) is 3.02. The molecule has 1 rings (SSSR count). The van der Waals surface area contributed by atoms with Crippen LogP contribution >= 0.6 is 0 Å². The molecule has 1 nitrogen and oxygen atoms in total. The minimum Gasteiger partial charge on any atom is -0.325 e. The molecule has 0 aliphatic rings. The van der Waals surface area contributed by atoms with Gasteiger partial charge in [-0.1, -0.05) is 43.7 Å². The molecule has 0 spiro atoms. The van der Waals surface area contributed by atoms with Gasteiger partial charge in [-0.25, -0.2) is 0 Å². The van der Waals surface area contributed by atoms with Gasteiger partial charge < -0.3 is 5.73 Å². The van der Waals surface area contributed by atoms with Crippen LogP contribution in [0.1, 0.15) is 31.9 Å². The lowest BCUT2D eigenvalue weighted by atomic mass is 9.83. The summed E-state index contributed by atoms with van der Waals surface area (Å²) in [5.41, 5.74) is 8.76. The van der Waals surface area contributed by atoms with E-state index in [0.29, 0.717) is 5.92 Å². The first-order chi connectivity index (χ1) is 6.42. The van der Waals surface area contributed by atoms with Crippen molar-refractivity contribution in [2.24, 2.45) is 11.7 Å². The molecule has 1 unspecified atom stereocenters. The molecule has 0 saturated carbocycles. The lowest BCUT2D eigenvalue weighted by Crippen LogP contribution is -2.43. The maximum atomic E-state index is 6.23. The molecule has 1 atom stereocenters. The van der Waals surface area contributed by atoms with Crippen molar-refractivity contribution >= 4 is 0 Å². The highest BCUT2D eigenvalue weighted by molar-refractivity contribution is 5.23. The fourth-order valence-corrected chi connectivity index (χ4v) is 1.35. The van der Waals surface area contributed by atoms with Crippen molar-refractivity contribution < 1.29 is 0 Å². The van der Waals surface area contributed by atoms with E-state index in [-0.39, 0.29) is 5.54 Å². The van der Waals surface area contributed by atoms with Gasteiger partial charge in [0.15, 0.2) is 0 Å². The van der Waals surface area contributed by atoms with Gasteiger partial charge in [-0.05, 0) is 31.7 Å². The van der Waals surface area contributed by atoms with Crippen LogP contribution < -0.4 is 5.73 Å². The minimum absolute atomic E-state index is 0.102. The molecule has 0 amide bonds. The summed E-state index contributed by atoms with van der Waals surface area (Å²) in [4.78, 5) is 0. The highest BCUT2D eigenvalue weighted by Crippen LogP contribution is 2.19. The van der Waals surface area contributed by atoms with Gasteiger partial charge in [0.25, 0.3) is 0 Å². The van der Waals surface area contributed by atoms with E-state index in [9.17, 15) is 0 Å². The maximum absolute atomic E-state index is 6.23. The summed E-state index contributed by atoms with van der Waals surface area (Å²) in [6.07, 6.45) is 0.949. The highest BCUT2D eigenvalue weighted by Gasteiger charge is 2.22. The third-order valence-electron chi connectivity index (χ3n) is 3.02. The van der Waals surface area contributed by atoms with Crippen molar-refractivity contribution in [1.82, 2.24) is 0 Å². The summed E-state index contributed by atoms with van der Waals surface area (Å²) < 4.78 is 0. The van der Waals surface area contributed by atoms with Crippen molar-refractivity contribution in [3.05, 3.63) is 35.4 Å². The predicted octanol–water partition coefficient (Wildman–Crippen LogP) is 2.91. The molecule has 1 aromatic rings. The highest BCUT2D eigenvalue weighted by atomic mass is 14.7. The van der Waals surface area contributed by atoms with Crippen LogP contribution in [-0.4, -0.2) is 5.54 Å². The third kappa shape index (κ3) is 2.85. The maximum Gasteiger partial charge on any atom is 0.0189 e. The summed E-state index contributed by atoms with van der Waals surface area (Å²) >= 11 is 0. The first kappa shape index (κ1) is 11.3. The second kappa shape index (κ2) is 4.14. The first-order valence-electron chi connectivity index (χ1n) is 5.26. The first-order valence-corrected chi connectivity index (χ1v) is 5.26. The number of benzene rings is 1. The van der Waals surface area contributed by atoms with Crippen LogP contribution in [0.15, 0.2) is 24.3 Å². The quantitative estimate of drug-likeness (QED) is 0.781. The molecule has 0 heterocycles. The molecule has 0 aliphatic carbocycles. The number of hydrogen-bond acceptors (Lipinski definition) is 1. The Morgan fingerprint density at radius 1 is 1.21 bits per heavy atom. The van der Waals surface area contributed by atoms with Crippen LogP contribution in [0.25, 0.3) is 0 Å². The fourth-order valence-electron chi connectivity index (χ4n) is 1.35. The second-order valence-corrected chi connectivity index (χ2v) is 4.82. The van der Waals surface area contributed by atoms with E-state index in [2.05, 4.69) is 52.0 Å². The van der Waals surface area contributed by atoms with Crippen molar-refractivity contribution in [3.63, 3.8) is 0 Å². The summed E-state index contributed by atoms with van der Waals surface area (Å²) in [5.74, 6) is 0.504. The second-order valence-electron chi connectivity index (χ2n) is 4.82. The van der Waals surface area contributed by atoms with E-state index in [4.69, 9.17) is 5.73 Å². The van der Waals surface area contributed by atoms with Gasteiger partial charge >= 0.3 is 0 Å². The van der Waals surface area contributed by atoms with Gasteiger partial charge in [-0.2, -0.15) is 0 Å². The Morgan fingerprint density at radius 2 is 1.71 bits per heavy atom. The largest absolute Gasteiger partial charge is 0.325 e. The monoisotopic (exact) mass is 191 g/mol. The van der Waals surface area contributed by atoms with Crippen LogP contribution in [0, 0.1) is 12.8 Å². The Kier molecular flexibility index (Phi) is 3.33. The lowest BCUT2D eigenvalue weighted by molar-refractivity contribution is 0.338. The Morgan fingerprint density at radius 3 is 2.14 bits per heavy atom. The van der Waals surface area contributed by atoms with Crippen LogP contribution in [0.2, 0.25) is 0 Å². The number of aryl methyl sites for hydroxylation is 1. The molecular formula is C13H21N. The molecule has 1 heteroatoms. The molecule has 0 aliphatic heterocycles. The summed E-state index contributed by atoms with van der Waals surface area (Å²) in [6, 6.07) is 8.63. The van der Waals surface area contributed by atoms with E-state index < -0.39 is 0 Å². The molecule has 0 radical (unpaired) electrons. The minimum atomic E-state index is -0.102. The molecule has 0 aromatic heterocycles. The smallest absolute Gasteiger partial charge is 0.0189 e. The molecule has 0 saturated heterocycles. The summed E-state index contributed by atoms with van der Waals surface area (Å²) in [6.45, 7) is 8.58. The summed E-state index contributed by atoms with van der Waals surface area (Å²) in [5, 5.41) is 0. The fraction of sp³-hybridized carbons (Fsp3) is 0.538. The standard InChI is InChI=1S/C13H21N/c1-10(2)13(4,14)9-12-7-5-11(3)6-8-12/h5-8,10H,9,14H2,1-4H3. The average Bonchev–Trinajstić information content (AvgIpc) is 2.08. The SMILES string of the molecule is Cc1ccc(CC(C)(N)C(C)C)cc1. The Labute approximate surface area is 87.3 Å². The number of nitrogens with two attached hydrogens (primary N) is 1. The van der Waals surface area contributed by atoms with E-state index in [0.717, 1.165) is 6.42 Å². The Balaban J connectivity index is 2.74. The molecule has 14 heavy (non-hydrogen) atoms. The van der Waals surface area contributed by atoms with Gasteiger partial charge in [0.05, 0.1) is 0 Å². The van der Waals surface area contributed by atoms with Crippen molar-refractivity contribution in [3.8, 4) is 0 Å². The van der Waals surface area contributed by atoms with Crippen LogP contribution in [0.3, 0.4) is 0 Å². The molecule has 0 fully saturated rings. The van der Waals surface area contributed by atoms with E-state index in [1.54, 1.807) is 0 Å². The van der Waals surface area contributed by atoms with E-state index >= 15 is 0 Å². The van der Waals surface area contributed by atoms with Gasteiger partial charge in [0.2, 0.25) is 0 Å². The molecule has 1 aromatic carbocycles. The van der Waals surface area contributed by atoms with Gasteiger partial charge in [-0.3, -0.25) is 0 Å². The molecule has 0 bridgehead atoms. The number of rotatable bonds is 3. The van der Waals surface area contributed by atoms with E-state index in [1.165, 1.54) is 11.1 Å². The topological polar surface area (TPSA) is 26.0 Å². The van der Waals surface area contributed by atoms with Crippen LogP contribution in [0.5, 0.6) is 0 Å². The van der Waals surface area contributed by atoms with E-state index in [1.807, 2.05) is 0 Å². The Bertz CT molecular complexity index is 283. The lowest BCUT2D eigenvalue weighted by Gasteiger charge is -2.29. The van der Waals surface area contributed by atoms with Crippen LogP contribution in [-0.2, 0) is 6.42 Å². The van der Waals surface area contributed by atoms with Gasteiger partial charge in [0, 0.05) is 5.54 Å². The van der Waals surface area contributed by atoms with Crippen molar-refractivity contribution in [2.45, 2.75) is 39.7 Å².